The Hall–Kier alpha value is -2.63. The Kier molecular flexibility index (Phi) is 7.59. The molecule has 2 fully saturated rings. The Balaban J connectivity index is 1.74. The molecule has 2 heterocycles. The number of amides is 3. The maximum atomic E-state index is 13.2. The van der Waals surface area contributed by atoms with Gasteiger partial charge in [0.25, 0.3) is 5.91 Å². The van der Waals surface area contributed by atoms with Gasteiger partial charge in [-0.2, -0.15) is 13.2 Å². The van der Waals surface area contributed by atoms with Crippen LogP contribution in [0.4, 0.5) is 13.2 Å². The second kappa shape index (κ2) is 9.93. The summed E-state index contributed by atoms with van der Waals surface area (Å²) in [6.07, 6.45) is -1.79. The number of halogens is 3. The van der Waals surface area contributed by atoms with E-state index < -0.39 is 32.4 Å². The largest absolute Gasteiger partial charge is 0.416 e. The lowest BCUT2D eigenvalue weighted by Crippen LogP contribution is -2.57. The van der Waals surface area contributed by atoms with Crippen LogP contribution in [-0.4, -0.2) is 73.9 Å². The molecule has 3 amide bonds. The lowest BCUT2D eigenvalue weighted by Gasteiger charge is -2.41. The van der Waals surface area contributed by atoms with E-state index in [4.69, 9.17) is 0 Å². The Morgan fingerprint density at radius 3 is 2.24 bits per heavy atom. The van der Waals surface area contributed by atoms with E-state index in [1.54, 1.807) is 4.90 Å². The lowest BCUT2D eigenvalue weighted by molar-refractivity contribution is -0.138. The average Bonchev–Trinajstić information content (AvgIpc) is 3.03. The molecule has 0 radical (unpaired) electrons. The molecule has 3 rings (SSSR count). The second-order valence-corrected chi connectivity index (χ2v) is 10.7. The number of nitrogens with zero attached hydrogens (tertiary/aromatic N) is 2. The van der Waals surface area contributed by atoms with Crippen molar-refractivity contribution in [2.45, 2.75) is 62.2 Å². The van der Waals surface area contributed by atoms with Gasteiger partial charge in [-0.3, -0.25) is 14.4 Å². The summed E-state index contributed by atoms with van der Waals surface area (Å²) in [6, 6.07) is 1.51. The zero-order chi connectivity index (χ0) is 25.3. The molecule has 2 unspecified atom stereocenters. The summed E-state index contributed by atoms with van der Waals surface area (Å²) < 4.78 is 63.6. The number of fused-ring (bicyclic) bond motifs is 2. The summed E-state index contributed by atoms with van der Waals surface area (Å²) in [4.78, 5) is 40.2. The van der Waals surface area contributed by atoms with Crippen LogP contribution in [0.3, 0.4) is 0 Å². The Morgan fingerprint density at radius 2 is 1.71 bits per heavy atom. The summed E-state index contributed by atoms with van der Waals surface area (Å²) in [5, 5.41) is 2.72. The first kappa shape index (κ1) is 26.0. The SMILES string of the molecule is CCCNC(=O)CCC(=O)N1C2CCC1CN(C(=O)c1ccc(C(F)(F)F)cc1S(C)(=O)=O)C2. The summed E-state index contributed by atoms with van der Waals surface area (Å²) in [7, 11) is -4.11. The molecule has 1 N–H and O–H groups in total. The van der Waals surface area contributed by atoms with E-state index in [1.165, 1.54) is 4.90 Å². The molecule has 0 aromatic heterocycles. The van der Waals surface area contributed by atoms with E-state index in [2.05, 4.69) is 5.32 Å². The van der Waals surface area contributed by atoms with Crippen molar-refractivity contribution in [3.63, 3.8) is 0 Å². The summed E-state index contributed by atoms with van der Waals surface area (Å²) >= 11 is 0. The number of rotatable bonds is 7. The van der Waals surface area contributed by atoms with E-state index in [-0.39, 0.29) is 55.4 Å². The fourth-order valence-electron chi connectivity index (χ4n) is 4.53. The van der Waals surface area contributed by atoms with Gasteiger partial charge in [0.15, 0.2) is 9.84 Å². The molecular formula is C22H28F3N3O5S. The summed E-state index contributed by atoms with van der Waals surface area (Å²) in [5.74, 6) is -1.07. The standard InChI is InChI=1S/C22H28F3N3O5S/c1-3-10-26-19(29)8-9-20(30)28-15-5-6-16(28)13-27(12-15)21(31)17-7-4-14(22(23,24)25)11-18(17)34(2,32)33/h4,7,11,15-16H,3,5-6,8-10,12-13H2,1-2H3,(H,26,29). The fraction of sp³-hybridized carbons (Fsp3) is 0.591. The smallest absolute Gasteiger partial charge is 0.356 e. The molecule has 2 atom stereocenters. The van der Waals surface area contributed by atoms with Crippen LogP contribution in [-0.2, 0) is 25.6 Å². The normalized spacial score (nSPS) is 20.4. The molecule has 8 nitrogen and oxygen atoms in total. The quantitative estimate of drug-likeness (QED) is 0.615. The van der Waals surface area contributed by atoms with Gasteiger partial charge in [0.2, 0.25) is 11.8 Å². The highest BCUT2D eigenvalue weighted by atomic mass is 32.2. The van der Waals surface area contributed by atoms with E-state index in [0.29, 0.717) is 31.5 Å². The van der Waals surface area contributed by atoms with E-state index in [9.17, 15) is 36.0 Å². The number of hydrogen-bond acceptors (Lipinski definition) is 5. The molecule has 2 bridgehead atoms. The van der Waals surface area contributed by atoms with E-state index in [1.807, 2.05) is 6.92 Å². The molecule has 34 heavy (non-hydrogen) atoms. The number of carbonyl (C=O) groups is 3. The molecule has 1 aromatic carbocycles. The van der Waals surface area contributed by atoms with Crippen LogP contribution in [0.1, 0.15) is 54.9 Å². The van der Waals surface area contributed by atoms with Crippen molar-refractivity contribution in [2.75, 3.05) is 25.9 Å². The highest BCUT2D eigenvalue weighted by Crippen LogP contribution is 2.34. The van der Waals surface area contributed by atoms with Gasteiger partial charge in [-0.15, -0.1) is 0 Å². The maximum absolute atomic E-state index is 13.2. The van der Waals surface area contributed by atoms with Gasteiger partial charge < -0.3 is 15.1 Å². The van der Waals surface area contributed by atoms with Crippen LogP contribution in [0.5, 0.6) is 0 Å². The van der Waals surface area contributed by atoms with Crippen molar-refractivity contribution in [1.29, 1.82) is 0 Å². The first-order valence-electron chi connectivity index (χ1n) is 11.1. The van der Waals surface area contributed by atoms with Gasteiger partial charge in [0.1, 0.15) is 0 Å². The summed E-state index contributed by atoms with van der Waals surface area (Å²) in [6.45, 7) is 2.76. The molecule has 0 aliphatic carbocycles. The predicted molar refractivity (Wildman–Crippen MR) is 117 cm³/mol. The molecule has 0 spiro atoms. The molecule has 12 heteroatoms. The third-order valence-electron chi connectivity index (χ3n) is 6.13. The topological polar surface area (TPSA) is 104 Å². The lowest BCUT2D eigenvalue weighted by atomic mass is 10.1. The van der Waals surface area contributed by atoms with Crippen LogP contribution >= 0.6 is 0 Å². The number of hydrogen-bond donors (Lipinski definition) is 1. The van der Waals surface area contributed by atoms with Crippen LogP contribution in [0.15, 0.2) is 23.1 Å². The predicted octanol–water partition coefficient (Wildman–Crippen LogP) is 2.23. The summed E-state index contributed by atoms with van der Waals surface area (Å²) in [5.41, 5.74) is -1.47. The number of alkyl halides is 3. The molecule has 2 aliphatic rings. The number of likely N-dealkylation sites (tertiary alicyclic amines) is 1. The monoisotopic (exact) mass is 503 g/mol. The van der Waals surface area contributed by atoms with Crippen LogP contribution in [0, 0.1) is 0 Å². The maximum Gasteiger partial charge on any atom is 0.416 e. The van der Waals surface area contributed by atoms with Crippen LogP contribution < -0.4 is 5.32 Å². The fourth-order valence-corrected chi connectivity index (χ4v) is 5.43. The Bertz CT molecular complexity index is 1060. The molecular weight excluding hydrogens is 475 g/mol. The first-order valence-corrected chi connectivity index (χ1v) is 13.0. The second-order valence-electron chi connectivity index (χ2n) is 8.73. The van der Waals surface area contributed by atoms with E-state index >= 15 is 0 Å². The van der Waals surface area contributed by atoms with Crippen LogP contribution in [0.25, 0.3) is 0 Å². The highest BCUT2D eigenvalue weighted by Gasteiger charge is 2.44. The van der Waals surface area contributed by atoms with E-state index in [0.717, 1.165) is 18.7 Å². The number of benzene rings is 1. The third kappa shape index (κ3) is 5.70. The Labute approximate surface area is 196 Å². The Morgan fingerprint density at radius 1 is 1.09 bits per heavy atom. The van der Waals surface area contributed by atoms with Gasteiger partial charge in [-0.05, 0) is 37.5 Å². The number of piperazine rings is 1. The molecule has 1 aromatic rings. The van der Waals surface area contributed by atoms with Gasteiger partial charge >= 0.3 is 6.18 Å². The van der Waals surface area contributed by atoms with Crippen molar-refractivity contribution < 1.29 is 36.0 Å². The molecule has 2 saturated heterocycles. The minimum absolute atomic E-state index is 0.0492. The first-order chi connectivity index (χ1) is 15.8. The minimum Gasteiger partial charge on any atom is -0.356 e. The van der Waals surface area contributed by atoms with Gasteiger partial charge in [0.05, 0.1) is 16.0 Å². The zero-order valence-corrected chi connectivity index (χ0v) is 19.8. The third-order valence-corrected chi connectivity index (χ3v) is 7.27. The van der Waals surface area contributed by atoms with Gasteiger partial charge in [-0.25, -0.2) is 8.42 Å². The minimum atomic E-state index is -4.75. The van der Waals surface area contributed by atoms with Gasteiger partial charge in [0, 0.05) is 50.8 Å². The van der Waals surface area contributed by atoms with Crippen molar-refractivity contribution >= 4 is 27.6 Å². The van der Waals surface area contributed by atoms with Crippen molar-refractivity contribution in [3.05, 3.63) is 29.3 Å². The highest BCUT2D eigenvalue weighted by molar-refractivity contribution is 7.90. The molecule has 188 valence electrons. The molecule has 0 saturated carbocycles. The van der Waals surface area contributed by atoms with Crippen molar-refractivity contribution in [3.8, 4) is 0 Å². The number of sulfone groups is 1. The van der Waals surface area contributed by atoms with Crippen molar-refractivity contribution in [1.82, 2.24) is 15.1 Å². The van der Waals surface area contributed by atoms with Gasteiger partial charge in [-0.1, -0.05) is 6.92 Å². The number of nitrogens with one attached hydrogen (secondary N) is 1. The van der Waals surface area contributed by atoms with Crippen LogP contribution in [0.2, 0.25) is 0 Å². The average molecular weight is 504 g/mol. The zero-order valence-electron chi connectivity index (χ0n) is 19.0. The molecule has 2 aliphatic heterocycles. The number of carbonyl (C=O) groups excluding carboxylic acids is 3. The van der Waals surface area contributed by atoms with Crippen molar-refractivity contribution in [2.24, 2.45) is 0 Å².